The lowest BCUT2D eigenvalue weighted by atomic mass is 9.94. The van der Waals surface area contributed by atoms with Crippen LogP contribution in [0.15, 0.2) is 78.7 Å². The summed E-state index contributed by atoms with van der Waals surface area (Å²) in [7, 11) is 2.08. The number of hydrogen-bond acceptors (Lipinski definition) is 5. The monoisotopic (exact) mass is 557 g/mol. The van der Waals surface area contributed by atoms with E-state index in [0.717, 1.165) is 57.5 Å². The SMILES string of the molecule is C=C(CC[C@@H](C)CC)Cc1ccccc1N1C(=C)c2cc(F)ccc2N(C)C1c1ccc(-c2csc(C)n2)s1. The number of anilines is 2. The molecule has 1 aliphatic rings. The van der Waals surface area contributed by atoms with Crippen LogP contribution in [0.1, 0.15) is 60.3 Å². The predicted molar refractivity (Wildman–Crippen MR) is 167 cm³/mol. The zero-order valence-electron chi connectivity index (χ0n) is 23.2. The molecule has 202 valence electrons. The first-order valence-electron chi connectivity index (χ1n) is 13.5. The van der Waals surface area contributed by atoms with E-state index in [0.29, 0.717) is 5.92 Å². The maximum absolute atomic E-state index is 14.5. The number of benzene rings is 2. The molecule has 0 spiro atoms. The Morgan fingerprint density at radius 3 is 2.67 bits per heavy atom. The number of para-hydroxylation sites is 1. The average Bonchev–Trinajstić information content (AvgIpc) is 3.59. The Kier molecular flexibility index (Phi) is 8.06. The largest absolute Gasteiger partial charge is 0.349 e. The van der Waals surface area contributed by atoms with Gasteiger partial charge in [0.05, 0.1) is 15.6 Å². The highest BCUT2D eigenvalue weighted by Gasteiger charge is 2.36. The Morgan fingerprint density at radius 2 is 1.92 bits per heavy atom. The molecule has 0 saturated carbocycles. The van der Waals surface area contributed by atoms with Gasteiger partial charge in [0.25, 0.3) is 0 Å². The summed E-state index contributed by atoms with van der Waals surface area (Å²) < 4.78 is 14.5. The molecule has 0 aliphatic carbocycles. The maximum atomic E-state index is 14.5. The Bertz CT molecular complexity index is 1500. The molecule has 2 atom stereocenters. The van der Waals surface area contributed by atoms with Crippen molar-refractivity contribution in [3.05, 3.63) is 106 Å². The molecule has 0 bridgehead atoms. The smallest absolute Gasteiger partial charge is 0.142 e. The van der Waals surface area contributed by atoms with Crippen LogP contribution in [0.5, 0.6) is 0 Å². The molecule has 5 rings (SSSR count). The van der Waals surface area contributed by atoms with Gasteiger partial charge in [-0.05, 0) is 74.1 Å². The van der Waals surface area contributed by atoms with Gasteiger partial charge in [0, 0.05) is 39.9 Å². The molecule has 0 saturated heterocycles. The van der Waals surface area contributed by atoms with Crippen molar-refractivity contribution in [3.8, 4) is 10.6 Å². The maximum Gasteiger partial charge on any atom is 0.142 e. The van der Waals surface area contributed by atoms with E-state index in [2.05, 4.69) is 85.6 Å². The second kappa shape index (κ2) is 11.5. The quantitative estimate of drug-likeness (QED) is 0.191. The topological polar surface area (TPSA) is 19.4 Å². The normalized spacial score (nSPS) is 15.9. The number of thiazole rings is 1. The van der Waals surface area contributed by atoms with Crippen molar-refractivity contribution in [2.75, 3.05) is 16.8 Å². The van der Waals surface area contributed by atoms with E-state index in [9.17, 15) is 4.39 Å². The van der Waals surface area contributed by atoms with E-state index in [-0.39, 0.29) is 12.0 Å². The Labute approximate surface area is 240 Å². The predicted octanol–water partition coefficient (Wildman–Crippen LogP) is 9.87. The van der Waals surface area contributed by atoms with Crippen LogP contribution in [0.25, 0.3) is 16.3 Å². The summed E-state index contributed by atoms with van der Waals surface area (Å²) in [4.78, 5) is 11.6. The van der Waals surface area contributed by atoms with Crippen molar-refractivity contribution >= 4 is 39.7 Å². The number of nitrogens with zero attached hydrogens (tertiary/aromatic N) is 3. The van der Waals surface area contributed by atoms with Gasteiger partial charge < -0.3 is 9.80 Å². The first-order valence-corrected chi connectivity index (χ1v) is 15.2. The lowest BCUT2D eigenvalue weighted by Crippen LogP contribution is -2.43. The lowest BCUT2D eigenvalue weighted by molar-refractivity contribution is 0.513. The van der Waals surface area contributed by atoms with Gasteiger partial charge in [-0.1, -0.05) is 57.2 Å². The number of rotatable bonds is 9. The Morgan fingerprint density at radius 1 is 1.13 bits per heavy atom. The van der Waals surface area contributed by atoms with E-state index < -0.39 is 0 Å². The minimum absolute atomic E-state index is 0.136. The lowest BCUT2D eigenvalue weighted by Gasteiger charge is -2.46. The van der Waals surface area contributed by atoms with E-state index >= 15 is 0 Å². The fraction of sp³-hybridized carbons (Fsp3) is 0.303. The van der Waals surface area contributed by atoms with Crippen LogP contribution in [0.3, 0.4) is 0 Å². The molecule has 0 N–H and O–H groups in total. The number of hydrogen-bond donors (Lipinski definition) is 0. The van der Waals surface area contributed by atoms with Crippen LogP contribution < -0.4 is 9.80 Å². The summed E-state index contributed by atoms with van der Waals surface area (Å²) in [5.74, 6) is 0.434. The zero-order chi connectivity index (χ0) is 27.7. The fourth-order valence-electron chi connectivity index (χ4n) is 5.24. The van der Waals surface area contributed by atoms with Crippen LogP contribution in [-0.2, 0) is 6.42 Å². The van der Waals surface area contributed by atoms with Crippen LogP contribution >= 0.6 is 22.7 Å². The number of thiophene rings is 1. The zero-order valence-corrected chi connectivity index (χ0v) is 24.8. The van der Waals surface area contributed by atoms with E-state index in [1.165, 1.54) is 28.5 Å². The summed E-state index contributed by atoms with van der Waals surface area (Å²) in [6.45, 7) is 15.5. The fourth-order valence-corrected chi connectivity index (χ4v) is 7.03. The van der Waals surface area contributed by atoms with Gasteiger partial charge in [0.15, 0.2) is 0 Å². The summed E-state index contributed by atoms with van der Waals surface area (Å²) >= 11 is 3.42. The molecule has 4 aromatic rings. The molecular formula is C33H36FN3S2. The molecule has 0 amide bonds. The van der Waals surface area contributed by atoms with Crippen molar-refractivity contribution in [1.82, 2.24) is 4.98 Å². The van der Waals surface area contributed by atoms with E-state index in [1.807, 2.05) is 13.0 Å². The molecular weight excluding hydrogens is 522 g/mol. The van der Waals surface area contributed by atoms with Crippen LogP contribution in [0.2, 0.25) is 0 Å². The minimum atomic E-state index is -0.259. The third-order valence-corrected chi connectivity index (χ3v) is 9.60. The third-order valence-electron chi connectivity index (χ3n) is 7.68. The summed E-state index contributed by atoms with van der Waals surface area (Å²) in [6, 6.07) is 17.9. The molecule has 1 aliphatic heterocycles. The highest BCUT2D eigenvalue weighted by molar-refractivity contribution is 7.16. The molecule has 0 radical (unpaired) electrons. The second-order valence-electron chi connectivity index (χ2n) is 10.5. The Balaban J connectivity index is 1.57. The standard InChI is InChI=1S/C33H36FN3S2/c1-7-21(2)12-13-22(3)18-25-10-8-9-11-29(25)37-23(4)27-19-26(34)14-15-30(27)36(6)33(37)32-17-16-31(39-32)28-20-38-24(5)35-28/h8-11,14-17,19-21,33H,3-4,7,12-13,18H2,1-2,5-6H3/t21-,33?/m0/s1. The Hall–Kier alpha value is -3.22. The van der Waals surface area contributed by atoms with Gasteiger partial charge in [0.2, 0.25) is 0 Å². The number of halogens is 1. The summed E-state index contributed by atoms with van der Waals surface area (Å²) in [5.41, 5.74) is 7.11. The molecule has 2 aromatic heterocycles. The first kappa shape index (κ1) is 27.4. The van der Waals surface area contributed by atoms with E-state index in [4.69, 9.17) is 4.98 Å². The van der Waals surface area contributed by atoms with Crippen molar-refractivity contribution in [2.24, 2.45) is 5.92 Å². The number of aromatic nitrogens is 1. The first-order chi connectivity index (χ1) is 18.8. The van der Waals surface area contributed by atoms with Crippen LogP contribution in [-0.4, -0.2) is 12.0 Å². The van der Waals surface area contributed by atoms with E-state index in [1.54, 1.807) is 28.7 Å². The van der Waals surface area contributed by atoms with Gasteiger partial charge >= 0.3 is 0 Å². The van der Waals surface area contributed by atoms with Crippen molar-refractivity contribution in [2.45, 2.75) is 52.6 Å². The molecule has 3 heterocycles. The van der Waals surface area contributed by atoms with Crippen LogP contribution in [0, 0.1) is 18.7 Å². The van der Waals surface area contributed by atoms with Gasteiger partial charge in [-0.25, -0.2) is 9.37 Å². The molecule has 1 unspecified atom stereocenters. The van der Waals surface area contributed by atoms with Gasteiger partial charge in [-0.15, -0.1) is 22.7 Å². The number of allylic oxidation sites excluding steroid dienone is 1. The van der Waals surface area contributed by atoms with Crippen molar-refractivity contribution in [3.63, 3.8) is 0 Å². The average molecular weight is 558 g/mol. The van der Waals surface area contributed by atoms with Crippen LogP contribution in [0.4, 0.5) is 15.8 Å². The highest BCUT2D eigenvalue weighted by atomic mass is 32.1. The molecule has 0 fully saturated rings. The number of fused-ring (bicyclic) bond motifs is 1. The molecule has 6 heteroatoms. The number of aryl methyl sites for hydroxylation is 1. The third kappa shape index (κ3) is 5.59. The van der Waals surface area contributed by atoms with Gasteiger partial charge in [0.1, 0.15) is 12.0 Å². The van der Waals surface area contributed by atoms with Crippen molar-refractivity contribution in [1.29, 1.82) is 0 Å². The van der Waals surface area contributed by atoms with Crippen molar-refractivity contribution < 1.29 is 4.39 Å². The molecule has 3 nitrogen and oxygen atoms in total. The second-order valence-corrected chi connectivity index (χ2v) is 12.7. The summed E-state index contributed by atoms with van der Waals surface area (Å²) in [5, 5.41) is 3.17. The van der Waals surface area contributed by atoms with Gasteiger partial charge in [-0.3, -0.25) is 0 Å². The highest BCUT2D eigenvalue weighted by Crippen LogP contribution is 2.48. The van der Waals surface area contributed by atoms with Gasteiger partial charge in [-0.2, -0.15) is 0 Å². The summed E-state index contributed by atoms with van der Waals surface area (Å²) in [6.07, 6.45) is 4.02. The minimum Gasteiger partial charge on any atom is -0.349 e. The molecule has 2 aromatic carbocycles. The molecule has 39 heavy (non-hydrogen) atoms.